The van der Waals surface area contributed by atoms with E-state index >= 15 is 0 Å². The summed E-state index contributed by atoms with van der Waals surface area (Å²) in [7, 11) is 1.88. The first-order chi connectivity index (χ1) is 22.1. The van der Waals surface area contributed by atoms with Gasteiger partial charge in [0.15, 0.2) is 0 Å². The number of hydrogen-bond donors (Lipinski definition) is 1. The molecule has 1 saturated heterocycles. The summed E-state index contributed by atoms with van der Waals surface area (Å²) in [6.45, 7) is 6.82. The number of alkyl halides is 6. The minimum atomic E-state index is -5.00. The van der Waals surface area contributed by atoms with Crippen LogP contribution in [0.3, 0.4) is 0 Å². The van der Waals surface area contributed by atoms with Crippen LogP contribution in [0.15, 0.2) is 30.3 Å². The second-order valence-corrected chi connectivity index (χ2v) is 12.9. The predicted octanol–water partition coefficient (Wildman–Crippen LogP) is 7.59. The number of hydrogen-bond acceptors (Lipinski definition) is 5. The Labute approximate surface area is 268 Å². The number of fused-ring (bicyclic) bond motifs is 2. The Bertz CT molecular complexity index is 1570. The van der Waals surface area contributed by atoms with Gasteiger partial charge in [-0.3, -0.25) is 0 Å². The van der Waals surface area contributed by atoms with Gasteiger partial charge in [-0.1, -0.05) is 19.9 Å². The average Bonchev–Trinajstić information content (AvgIpc) is 3.41. The van der Waals surface area contributed by atoms with Gasteiger partial charge in [-0.05, 0) is 74.2 Å². The van der Waals surface area contributed by atoms with Crippen LogP contribution in [-0.2, 0) is 34.7 Å². The highest BCUT2D eigenvalue weighted by Gasteiger charge is 2.48. The largest absolute Gasteiger partial charge is 0.442 e. The summed E-state index contributed by atoms with van der Waals surface area (Å²) < 4.78 is 107. The fraction of sp³-hybridized carbons (Fsp3) is 0.576. The Hall–Kier alpha value is -3.39. The number of carbonyl (C=O) groups excluding carboxylic acids is 1. The normalized spacial score (nSPS) is 20.7. The zero-order valence-electron chi connectivity index (χ0n) is 26.5. The molecular weight excluding hydrogens is 633 g/mol. The molecule has 0 bridgehead atoms. The molecule has 7 nitrogen and oxygen atoms in total. The molecule has 2 aliphatic rings. The van der Waals surface area contributed by atoms with E-state index in [0.717, 1.165) is 11.1 Å². The number of amides is 1. The van der Waals surface area contributed by atoms with Crippen molar-refractivity contribution in [3.63, 3.8) is 0 Å². The number of aromatic amines is 1. The van der Waals surface area contributed by atoms with Gasteiger partial charge < -0.3 is 24.3 Å². The monoisotopic (exact) mass is 672 g/mol. The minimum absolute atomic E-state index is 0.0647. The van der Waals surface area contributed by atoms with Gasteiger partial charge in [-0.15, -0.1) is 0 Å². The number of rotatable bonds is 9. The Morgan fingerprint density at radius 2 is 1.83 bits per heavy atom. The summed E-state index contributed by atoms with van der Waals surface area (Å²) in [6.07, 6.45) is -8.16. The van der Waals surface area contributed by atoms with Crippen LogP contribution in [0, 0.1) is 11.7 Å². The van der Waals surface area contributed by atoms with Crippen LogP contribution in [0.2, 0.25) is 0 Å². The van der Waals surface area contributed by atoms with Crippen molar-refractivity contribution >= 4 is 17.1 Å². The molecule has 1 aromatic heterocycles. The van der Waals surface area contributed by atoms with Gasteiger partial charge in [0.25, 0.3) is 0 Å². The number of aryl methyl sites for hydroxylation is 2. The lowest BCUT2D eigenvalue weighted by Crippen LogP contribution is -2.52. The summed E-state index contributed by atoms with van der Waals surface area (Å²) in [5, 5.41) is 0. The number of benzene rings is 2. The van der Waals surface area contributed by atoms with Crippen molar-refractivity contribution in [2.45, 2.75) is 69.8 Å². The molecule has 0 saturated carbocycles. The molecule has 0 unspecified atom stereocenters. The molecule has 1 fully saturated rings. The molecule has 0 radical (unpaired) electrons. The van der Waals surface area contributed by atoms with E-state index in [1.54, 1.807) is 17.0 Å². The zero-order chi connectivity index (χ0) is 34.1. The number of nitrogens with zero attached hydrogens (tertiary/aromatic N) is 3. The summed E-state index contributed by atoms with van der Waals surface area (Å²) in [6, 6.07) is 5.49. The molecule has 0 spiro atoms. The smallest absolute Gasteiger partial charge is 0.418 e. The maximum Gasteiger partial charge on any atom is 0.418 e. The fourth-order valence-corrected chi connectivity index (χ4v) is 6.95. The summed E-state index contributed by atoms with van der Waals surface area (Å²) >= 11 is 0. The molecular formula is C33H39F7N4O3. The summed E-state index contributed by atoms with van der Waals surface area (Å²) in [5.74, 6) is -0.283. The molecule has 5 rings (SSSR count). The maximum absolute atomic E-state index is 14.1. The highest BCUT2D eigenvalue weighted by molar-refractivity contribution is 5.80. The third-order valence-electron chi connectivity index (χ3n) is 9.19. The van der Waals surface area contributed by atoms with Crippen LogP contribution >= 0.6 is 0 Å². The molecule has 1 N–H and O–H groups in total. The van der Waals surface area contributed by atoms with E-state index in [1.807, 2.05) is 11.9 Å². The van der Waals surface area contributed by atoms with Gasteiger partial charge in [0, 0.05) is 38.4 Å². The van der Waals surface area contributed by atoms with Crippen LogP contribution in [-0.4, -0.2) is 77.9 Å². The second-order valence-electron chi connectivity index (χ2n) is 12.9. The van der Waals surface area contributed by atoms with E-state index in [2.05, 4.69) is 23.8 Å². The van der Waals surface area contributed by atoms with Crippen molar-refractivity contribution < 1.29 is 45.0 Å². The number of H-pyrrole nitrogens is 1. The zero-order valence-corrected chi connectivity index (χ0v) is 26.5. The van der Waals surface area contributed by atoms with E-state index in [0.29, 0.717) is 71.1 Å². The molecule has 14 heteroatoms. The lowest BCUT2D eigenvalue weighted by Gasteiger charge is -2.47. The minimum Gasteiger partial charge on any atom is -0.442 e. The van der Waals surface area contributed by atoms with E-state index in [-0.39, 0.29) is 41.5 Å². The molecule has 1 aliphatic carbocycles. The number of ether oxygens (including phenoxy) is 2. The molecule has 47 heavy (non-hydrogen) atoms. The number of halogens is 7. The van der Waals surface area contributed by atoms with Crippen LogP contribution in [0.25, 0.3) is 11.0 Å². The van der Waals surface area contributed by atoms with Crippen LogP contribution in [0.4, 0.5) is 35.5 Å². The van der Waals surface area contributed by atoms with E-state index in [9.17, 15) is 35.5 Å². The molecule has 2 heterocycles. The first kappa shape index (κ1) is 34.9. The lowest BCUT2D eigenvalue weighted by atomic mass is 9.65. The fourth-order valence-electron chi connectivity index (χ4n) is 6.95. The first-order valence-electron chi connectivity index (χ1n) is 15.8. The van der Waals surface area contributed by atoms with Crippen molar-refractivity contribution in [3.8, 4) is 0 Å². The number of aromatic nitrogens is 2. The highest BCUT2D eigenvalue weighted by Crippen LogP contribution is 2.48. The molecule has 258 valence electrons. The standard InChI is InChI=1S/C33H39F7N4O3/c1-20(2)28-24-7-6-23(34)17-21(24)8-9-31(28,47-30(45)44-13-15-46-16-14-44)10-12-43(3)11-4-5-27-41-26-19-22(32(35,36)37)18-25(29(26)42-27)33(38,39)40/h6-7,17-20,28H,4-5,8-16H2,1-3H3,(H,41,42)/t28-,31-/m0/s1. The van der Waals surface area contributed by atoms with Gasteiger partial charge in [0.05, 0.1) is 29.9 Å². The van der Waals surface area contributed by atoms with Gasteiger partial charge >= 0.3 is 18.4 Å². The number of morpholine rings is 1. The molecule has 3 aromatic rings. The van der Waals surface area contributed by atoms with Crippen molar-refractivity contribution in [1.82, 2.24) is 19.8 Å². The van der Waals surface area contributed by atoms with Crippen molar-refractivity contribution in [3.05, 3.63) is 64.2 Å². The van der Waals surface area contributed by atoms with E-state index < -0.39 is 40.7 Å². The first-order valence-corrected chi connectivity index (χ1v) is 15.8. The van der Waals surface area contributed by atoms with Crippen LogP contribution in [0.1, 0.15) is 67.1 Å². The lowest BCUT2D eigenvalue weighted by molar-refractivity contribution is -0.142. The van der Waals surface area contributed by atoms with Gasteiger partial charge in [-0.2, -0.15) is 26.3 Å². The van der Waals surface area contributed by atoms with Crippen molar-refractivity contribution in [2.24, 2.45) is 5.92 Å². The van der Waals surface area contributed by atoms with Gasteiger partial charge in [-0.25, -0.2) is 14.2 Å². The van der Waals surface area contributed by atoms with E-state index in [1.165, 1.54) is 6.07 Å². The third-order valence-corrected chi connectivity index (χ3v) is 9.19. The van der Waals surface area contributed by atoms with Crippen molar-refractivity contribution in [2.75, 3.05) is 46.4 Å². The number of nitrogens with one attached hydrogen (secondary N) is 1. The number of carbonyl (C=O) groups is 1. The summed E-state index contributed by atoms with van der Waals surface area (Å²) in [5.41, 5.74) is -2.71. The number of imidazole rings is 1. The molecule has 2 aromatic carbocycles. The highest BCUT2D eigenvalue weighted by atomic mass is 19.4. The topological polar surface area (TPSA) is 70.7 Å². The van der Waals surface area contributed by atoms with Crippen LogP contribution in [0.5, 0.6) is 0 Å². The Morgan fingerprint density at radius 1 is 1.11 bits per heavy atom. The Balaban J connectivity index is 1.30. The SMILES string of the molecule is CC(C)[C@H]1c2ccc(F)cc2CC[C@@]1(CCN(C)CCCc1nc2c(C(F)(F)F)cc(C(F)(F)F)cc2[nH]1)OC(=O)N1CCOCC1. The van der Waals surface area contributed by atoms with Crippen molar-refractivity contribution in [1.29, 1.82) is 0 Å². The third kappa shape index (κ3) is 7.85. The molecule has 2 atom stereocenters. The average molecular weight is 673 g/mol. The predicted molar refractivity (Wildman–Crippen MR) is 160 cm³/mol. The molecule has 1 amide bonds. The molecule has 1 aliphatic heterocycles. The maximum atomic E-state index is 14.1. The van der Waals surface area contributed by atoms with Gasteiger partial charge in [0.1, 0.15) is 22.8 Å². The Morgan fingerprint density at radius 3 is 2.49 bits per heavy atom. The second kappa shape index (κ2) is 13.6. The summed E-state index contributed by atoms with van der Waals surface area (Å²) in [4.78, 5) is 23.8. The Kier molecular flexibility index (Phi) is 10.1. The van der Waals surface area contributed by atoms with E-state index in [4.69, 9.17) is 9.47 Å². The van der Waals surface area contributed by atoms with Crippen LogP contribution < -0.4 is 0 Å². The quantitative estimate of drug-likeness (QED) is 0.238. The van der Waals surface area contributed by atoms with Gasteiger partial charge in [0.2, 0.25) is 0 Å².